The molecule has 1 aliphatic heterocycles. The predicted octanol–water partition coefficient (Wildman–Crippen LogP) is 6.06. The second-order valence-corrected chi connectivity index (χ2v) is 5.34. The molecule has 0 aromatic heterocycles. The Morgan fingerprint density at radius 1 is 1.00 bits per heavy atom. The number of amides is 1. The summed E-state index contributed by atoms with van der Waals surface area (Å²) in [5.74, 6) is 0.969. The Kier molecular flexibility index (Phi) is 8.85. The SMILES string of the molecule is CC.CC.O=CN1CCc2c(cccc2Oc2ccc(C(F)(F)F)cc2)C1. The Labute approximate surface area is 158 Å². The maximum atomic E-state index is 12.6. The summed E-state index contributed by atoms with van der Waals surface area (Å²) in [6, 6.07) is 10.1. The van der Waals surface area contributed by atoms with Gasteiger partial charge in [-0.25, -0.2) is 0 Å². The van der Waals surface area contributed by atoms with Crippen LogP contribution in [0.3, 0.4) is 0 Å². The van der Waals surface area contributed by atoms with Gasteiger partial charge in [0, 0.05) is 18.7 Å². The van der Waals surface area contributed by atoms with E-state index in [0.717, 1.165) is 29.7 Å². The minimum Gasteiger partial charge on any atom is -0.457 e. The molecule has 0 spiro atoms. The van der Waals surface area contributed by atoms with Gasteiger partial charge in [0.1, 0.15) is 11.5 Å². The van der Waals surface area contributed by atoms with Crippen molar-refractivity contribution in [3.63, 3.8) is 0 Å². The quantitative estimate of drug-likeness (QED) is 0.605. The van der Waals surface area contributed by atoms with E-state index < -0.39 is 11.7 Å². The minimum atomic E-state index is -4.36. The van der Waals surface area contributed by atoms with Crippen LogP contribution in [0.1, 0.15) is 44.4 Å². The number of fused-ring (bicyclic) bond motifs is 1. The molecule has 27 heavy (non-hydrogen) atoms. The summed E-state index contributed by atoms with van der Waals surface area (Å²) in [6.45, 7) is 9.12. The van der Waals surface area contributed by atoms with Crippen molar-refractivity contribution in [2.75, 3.05) is 6.54 Å². The molecule has 1 amide bonds. The van der Waals surface area contributed by atoms with Crippen molar-refractivity contribution in [1.29, 1.82) is 0 Å². The summed E-state index contributed by atoms with van der Waals surface area (Å²) in [6.07, 6.45) is -2.89. The van der Waals surface area contributed by atoms with Gasteiger partial charge in [-0.05, 0) is 42.3 Å². The smallest absolute Gasteiger partial charge is 0.416 e. The highest BCUT2D eigenvalue weighted by atomic mass is 19.4. The summed E-state index contributed by atoms with van der Waals surface area (Å²) in [5, 5.41) is 0. The molecule has 3 nitrogen and oxygen atoms in total. The van der Waals surface area contributed by atoms with Crippen molar-refractivity contribution in [3.8, 4) is 11.5 Å². The van der Waals surface area contributed by atoms with Gasteiger partial charge in [0.15, 0.2) is 0 Å². The Balaban J connectivity index is 0.000000855. The van der Waals surface area contributed by atoms with Crippen molar-refractivity contribution in [2.24, 2.45) is 0 Å². The van der Waals surface area contributed by atoms with Crippen molar-refractivity contribution in [1.82, 2.24) is 4.90 Å². The third kappa shape index (κ3) is 6.01. The van der Waals surface area contributed by atoms with Crippen molar-refractivity contribution >= 4 is 6.41 Å². The minimum absolute atomic E-state index is 0.351. The van der Waals surface area contributed by atoms with Crippen LogP contribution in [0.2, 0.25) is 0 Å². The summed E-state index contributed by atoms with van der Waals surface area (Å²) in [4.78, 5) is 12.5. The van der Waals surface area contributed by atoms with E-state index in [9.17, 15) is 18.0 Å². The van der Waals surface area contributed by atoms with E-state index in [0.29, 0.717) is 31.0 Å². The first-order chi connectivity index (χ1) is 13.0. The largest absolute Gasteiger partial charge is 0.457 e. The van der Waals surface area contributed by atoms with Gasteiger partial charge in [-0.2, -0.15) is 13.2 Å². The van der Waals surface area contributed by atoms with E-state index >= 15 is 0 Å². The number of hydrogen-bond donors (Lipinski definition) is 0. The Hall–Kier alpha value is -2.50. The summed E-state index contributed by atoms with van der Waals surface area (Å²) >= 11 is 0. The number of hydrogen-bond acceptors (Lipinski definition) is 2. The van der Waals surface area contributed by atoms with Crippen LogP contribution >= 0.6 is 0 Å². The maximum absolute atomic E-state index is 12.6. The van der Waals surface area contributed by atoms with Gasteiger partial charge >= 0.3 is 6.18 Å². The van der Waals surface area contributed by atoms with Crippen LogP contribution in [-0.2, 0) is 23.9 Å². The van der Waals surface area contributed by atoms with Gasteiger partial charge in [-0.1, -0.05) is 39.8 Å². The highest BCUT2D eigenvalue weighted by Gasteiger charge is 2.30. The van der Waals surface area contributed by atoms with Crippen molar-refractivity contribution < 1.29 is 22.7 Å². The molecular weight excluding hydrogens is 355 g/mol. The van der Waals surface area contributed by atoms with Gasteiger partial charge in [-0.15, -0.1) is 0 Å². The lowest BCUT2D eigenvalue weighted by Crippen LogP contribution is -2.29. The summed E-state index contributed by atoms with van der Waals surface area (Å²) < 4.78 is 43.4. The van der Waals surface area contributed by atoms with E-state index in [1.54, 1.807) is 11.0 Å². The second-order valence-electron chi connectivity index (χ2n) is 5.34. The highest BCUT2D eigenvalue weighted by Crippen LogP contribution is 2.34. The normalized spacial score (nSPS) is 12.6. The van der Waals surface area contributed by atoms with Gasteiger partial charge in [0.25, 0.3) is 0 Å². The van der Waals surface area contributed by atoms with Gasteiger partial charge in [0.05, 0.1) is 5.56 Å². The van der Waals surface area contributed by atoms with E-state index in [4.69, 9.17) is 4.74 Å². The number of ether oxygens (including phenoxy) is 1. The zero-order valence-electron chi connectivity index (χ0n) is 16.1. The lowest BCUT2D eigenvalue weighted by molar-refractivity contribution is -0.137. The number of carbonyl (C=O) groups excluding carboxylic acids is 1. The molecule has 2 aromatic carbocycles. The summed E-state index contributed by atoms with van der Waals surface area (Å²) in [5.41, 5.74) is 1.28. The fourth-order valence-corrected chi connectivity index (χ4v) is 2.62. The predicted molar refractivity (Wildman–Crippen MR) is 101 cm³/mol. The topological polar surface area (TPSA) is 29.5 Å². The zero-order valence-corrected chi connectivity index (χ0v) is 16.1. The van der Waals surface area contributed by atoms with Crippen LogP contribution in [0.25, 0.3) is 0 Å². The van der Waals surface area contributed by atoms with Crippen LogP contribution in [0.4, 0.5) is 13.2 Å². The van der Waals surface area contributed by atoms with E-state index in [1.165, 1.54) is 12.1 Å². The molecule has 6 heteroatoms. The highest BCUT2D eigenvalue weighted by molar-refractivity contribution is 5.51. The summed E-state index contributed by atoms with van der Waals surface area (Å²) in [7, 11) is 0. The molecule has 0 saturated carbocycles. The molecule has 0 N–H and O–H groups in total. The Morgan fingerprint density at radius 2 is 1.63 bits per heavy atom. The molecule has 0 saturated heterocycles. The Morgan fingerprint density at radius 3 is 2.19 bits per heavy atom. The van der Waals surface area contributed by atoms with Crippen molar-refractivity contribution in [3.05, 3.63) is 59.2 Å². The van der Waals surface area contributed by atoms with Crippen LogP contribution < -0.4 is 4.74 Å². The molecule has 1 heterocycles. The maximum Gasteiger partial charge on any atom is 0.416 e. The molecule has 0 atom stereocenters. The molecule has 3 rings (SSSR count). The third-order valence-corrected chi connectivity index (χ3v) is 3.81. The van der Waals surface area contributed by atoms with Crippen LogP contribution in [0, 0.1) is 0 Å². The van der Waals surface area contributed by atoms with Crippen LogP contribution in [0.5, 0.6) is 11.5 Å². The first-order valence-corrected chi connectivity index (χ1v) is 9.12. The lowest BCUT2D eigenvalue weighted by Gasteiger charge is -2.26. The average Bonchev–Trinajstić information content (AvgIpc) is 2.70. The molecular formula is C21H26F3NO2. The molecule has 1 aliphatic rings. The Bertz CT molecular complexity index is 712. The number of benzene rings is 2. The fourth-order valence-electron chi connectivity index (χ4n) is 2.62. The standard InChI is InChI=1S/C17H14F3NO2.2C2H6/c18-17(19,20)13-4-6-14(7-5-13)23-16-3-1-2-12-10-21(11-22)9-8-15(12)16;2*1-2/h1-7,11H,8-10H2;2*1-2H3. The monoisotopic (exact) mass is 381 g/mol. The molecule has 0 bridgehead atoms. The van der Waals surface area contributed by atoms with E-state index in [2.05, 4.69) is 0 Å². The first-order valence-electron chi connectivity index (χ1n) is 9.12. The number of alkyl halides is 3. The van der Waals surface area contributed by atoms with E-state index in [-0.39, 0.29) is 0 Å². The number of rotatable bonds is 3. The second kappa shape index (κ2) is 10.6. The molecule has 2 aromatic rings. The fraction of sp³-hybridized carbons (Fsp3) is 0.381. The van der Waals surface area contributed by atoms with Crippen LogP contribution in [0.15, 0.2) is 42.5 Å². The number of nitrogens with zero attached hydrogens (tertiary/aromatic N) is 1. The molecule has 148 valence electrons. The zero-order chi connectivity index (χ0) is 20.4. The van der Waals surface area contributed by atoms with Crippen LogP contribution in [-0.4, -0.2) is 17.9 Å². The van der Waals surface area contributed by atoms with Gasteiger partial charge < -0.3 is 9.64 Å². The lowest BCUT2D eigenvalue weighted by atomic mass is 9.99. The molecule has 0 fully saturated rings. The average molecular weight is 381 g/mol. The first kappa shape index (κ1) is 22.5. The molecule has 0 radical (unpaired) electrons. The van der Waals surface area contributed by atoms with Crippen molar-refractivity contribution in [2.45, 2.75) is 46.8 Å². The van der Waals surface area contributed by atoms with Gasteiger partial charge in [-0.3, -0.25) is 4.79 Å². The third-order valence-electron chi connectivity index (χ3n) is 3.81. The number of halogens is 3. The number of carbonyl (C=O) groups is 1. The molecule has 0 aliphatic carbocycles. The molecule has 0 unspecified atom stereocenters. The van der Waals surface area contributed by atoms with Gasteiger partial charge in [0.2, 0.25) is 6.41 Å². The van der Waals surface area contributed by atoms with E-state index in [1.807, 2.05) is 39.8 Å².